The Kier molecular flexibility index (Phi) is 8.48. The first-order valence-electron chi connectivity index (χ1n) is 9.34. The van der Waals surface area contributed by atoms with Crippen LogP contribution in [0.25, 0.3) is 0 Å². The topological polar surface area (TPSA) is 83.1 Å². The van der Waals surface area contributed by atoms with Gasteiger partial charge in [0.2, 0.25) is 0 Å². The van der Waals surface area contributed by atoms with Gasteiger partial charge in [-0.25, -0.2) is 4.79 Å². The number of rotatable bonds is 10. The quantitative estimate of drug-likeness (QED) is 0.616. The molecular formula is C22H27NO6. The fraction of sp³-hybridized carbons (Fsp3) is 0.364. The van der Waals surface area contributed by atoms with Crippen molar-refractivity contribution in [1.29, 1.82) is 0 Å². The second-order valence-corrected chi connectivity index (χ2v) is 6.28. The average Bonchev–Trinajstić information content (AvgIpc) is 2.75. The van der Waals surface area contributed by atoms with Crippen molar-refractivity contribution in [1.82, 2.24) is 5.32 Å². The molecular weight excluding hydrogens is 374 g/mol. The van der Waals surface area contributed by atoms with Gasteiger partial charge in [0.05, 0.1) is 26.4 Å². The summed E-state index contributed by atoms with van der Waals surface area (Å²) in [7, 11) is 3.15. The summed E-state index contributed by atoms with van der Waals surface area (Å²) in [5.74, 6) is 0.403. The van der Waals surface area contributed by atoms with Crippen LogP contribution in [0, 0.1) is 0 Å². The van der Waals surface area contributed by atoms with Crippen LogP contribution < -0.4 is 14.8 Å². The number of ether oxygens (including phenoxy) is 4. The summed E-state index contributed by atoms with van der Waals surface area (Å²) in [6.07, 6.45) is -0.932. The number of esters is 1. The van der Waals surface area contributed by atoms with Crippen molar-refractivity contribution in [3.63, 3.8) is 0 Å². The molecule has 7 heteroatoms. The number of carbonyl (C=O) groups is 2. The zero-order valence-corrected chi connectivity index (χ0v) is 17.2. The van der Waals surface area contributed by atoms with E-state index in [-0.39, 0.29) is 5.91 Å². The molecule has 0 spiro atoms. The predicted octanol–water partition coefficient (Wildman–Crippen LogP) is 3.10. The van der Waals surface area contributed by atoms with E-state index in [0.29, 0.717) is 31.1 Å². The third kappa shape index (κ3) is 6.50. The van der Waals surface area contributed by atoms with Gasteiger partial charge in [0, 0.05) is 18.7 Å². The van der Waals surface area contributed by atoms with Crippen LogP contribution in [-0.4, -0.2) is 38.8 Å². The van der Waals surface area contributed by atoms with E-state index in [0.717, 1.165) is 16.9 Å². The summed E-state index contributed by atoms with van der Waals surface area (Å²) in [6.45, 7) is 4.61. The van der Waals surface area contributed by atoms with Gasteiger partial charge in [0.15, 0.2) is 6.10 Å². The van der Waals surface area contributed by atoms with Crippen molar-refractivity contribution >= 4 is 11.9 Å². The molecule has 29 heavy (non-hydrogen) atoms. The minimum atomic E-state index is -0.932. The van der Waals surface area contributed by atoms with E-state index < -0.39 is 12.1 Å². The van der Waals surface area contributed by atoms with Crippen LogP contribution in [0.2, 0.25) is 0 Å². The summed E-state index contributed by atoms with van der Waals surface area (Å²) in [5.41, 5.74) is 1.98. The monoisotopic (exact) mass is 401 g/mol. The van der Waals surface area contributed by atoms with E-state index in [2.05, 4.69) is 5.32 Å². The first-order valence-corrected chi connectivity index (χ1v) is 9.34. The zero-order valence-electron chi connectivity index (χ0n) is 17.2. The van der Waals surface area contributed by atoms with Gasteiger partial charge in [-0.1, -0.05) is 12.1 Å². The molecule has 0 fully saturated rings. The molecule has 0 aromatic heterocycles. The number of methoxy groups -OCH3 is 2. The van der Waals surface area contributed by atoms with Gasteiger partial charge < -0.3 is 24.3 Å². The molecule has 1 atom stereocenters. The van der Waals surface area contributed by atoms with Crippen molar-refractivity contribution in [2.45, 2.75) is 33.1 Å². The molecule has 156 valence electrons. The van der Waals surface area contributed by atoms with Crippen molar-refractivity contribution in [3.8, 4) is 11.5 Å². The molecule has 0 aliphatic heterocycles. The van der Waals surface area contributed by atoms with Gasteiger partial charge >= 0.3 is 5.97 Å². The lowest BCUT2D eigenvalue weighted by molar-refractivity contribution is -0.129. The number of benzene rings is 2. The molecule has 0 unspecified atom stereocenters. The number of hydrogen-bond acceptors (Lipinski definition) is 6. The third-order valence-corrected chi connectivity index (χ3v) is 4.26. The highest BCUT2D eigenvalue weighted by atomic mass is 16.5. The lowest BCUT2D eigenvalue weighted by atomic mass is 10.1. The Labute approximate surface area is 170 Å². The Hall–Kier alpha value is -3.06. The van der Waals surface area contributed by atoms with Gasteiger partial charge in [-0.3, -0.25) is 4.79 Å². The highest BCUT2D eigenvalue weighted by Gasteiger charge is 2.19. The summed E-state index contributed by atoms with van der Waals surface area (Å²) >= 11 is 0. The maximum Gasteiger partial charge on any atom is 0.338 e. The molecule has 1 N–H and O–H groups in total. The Morgan fingerprint density at radius 3 is 2.38 bits per heavy atom. The maximum atomic E-state index is 12.4. The van der Waals surface area contributed by atoms with Gasteiger partial charge in [-0.15, -0.1) is 0 Å². The van der Waals surface area contributed by atoms with E-state index in [1.54, 1.807) is 32.4 Å². The molecule has 0 heterocycles. The fourth-order valence-electron chi connectivity index (χ4n) is 2.59. The number of nitrogens with one attached hydrogen (secondary N) is 1. The van der Waals surface area contributed by atoms with Crippen LogP contribution in [0.3, 0.4) is 0 Å². The summed E-state index contributed by atoms with van der Waals surface area (Å²) in [6, 6.07) is 12.3. The minimum Gasteiger partial charge on any atom is -0.497 e. The Bertz CT molecular complexity index is 819. The van der Waals surface area contributed by atoms with Crippen LogP contribution in [-0.2, 0) is 27.4 Å². The van der Waals surface area contributed by atoms with Crippen LogP contribution in [0.4, 0.5) is 0 Å². The van der Waals surface area contributed by atoms with Crippen molar-refractivity contribution < 1.29 is 28.5 Å². The van der Waals surface area contributed by atoms with Gasteiger partial charge in [-0.2, -0.15) is 0 Å². The highest BCUT2D eigenvalue weighted by Crippen LogP contribution is 2.21. The number of amides is 1. The SMILES string of the molecule is CCOCc1cc(C(=O)O[C@@H](C)C(=O)NCc2ccc(OC)cc2)ccc1OC. The molecule has 0 saturated carbocycles. The largest absolute Gasteiger partial charge is 0.497 e. The normalized spacial score (nSPS) is 11.4. The summed E-state index contributed by atoms with van der Waals surface area (Å²) < 4.78 is 21.1. The second-order valence-electron chi connectivity index (χ2n) is 6.28. The standard InChI is InChI=1S/C22H27NO6/c1-5-28-14-18-12-17(8-11-20(18)27-4)22(25)29-15(2)21(24)23-13-16-6-9-19(26-3)10-7-16/h6-12,15H,5,13-14H2,1-4H3,(H,23,24)/t15-/m0/s1. The molecule has 0 radical (unpaired) electrons. The summed E-state index contributed by atoms with van der Waals surface area (Å²) in [4.78, 5) is 24.7. The van der Waals surface area contributed by atoms with Gasteiger partial charge in [0.1, 0.15) is 11.5 Å². The molecule has 1 amide bonds. The molecule has 0 bridgehead atoms. The lowest BCUT2D eigenvalue weighted by Crippen LogP contribution is -2.35. The third-order valence-electron chi connectivity index (χ3n) is 4.26. The van der Waals surface area contributed by atoms with Crippen molar-refractivity contribution in [3.05, 3.63) is 59.2 Å². The molecule has 7 nitrogen and oxygen atoms in total. The maximum absolute atomic E-state index is 12.4. The first kappa shape index (κ1) is 22.2. The second kappa shape index (κ2) is 11.1. The van der Waals surface area contributed by atoms with E-state index >= 15 is 0 Å². The van der Waals surface area contributed by atoms with Gasteiger partial charge in [-0.05, 0) is 49.7 Å². The molecule has 2 aromatic rings. The first-order chi connectivity index (χ1) is 14.0. The van der Waals surface area contributed by atoms with Crippen LogP contribution >= 0.6 is 0 Å². The van der Waals surface area contributed by atoms with E-state index in [4.69, 9.17) is 18.9 Å². The minimum absolute atomic E-state index is 0.318. The number of hydrogen-bond donors (Lipinski definition) is 1. The van der Waals surface area contributed by atoms with E-state index in [1.165, 1.54) is 6.92 Å². The molecule has 0 saturated heterocycles. The zero-order chi connectivity index (χ0) is 21.2. The molecule has 2 rings (SSSR count). The summed E-state index contributed by atoms with van der Waals surface area (Å²) in [5, 5.41) is 2.75. The molecule has 0 aliphatic carbocycles. The number of carbonyl (C=O) groups excluding carboxylic acids is 2. The highest BCUT2D eigenvalue weighted by molar-refractivity contribution is 5.92. The van der Waals surface area contributed by atoms with Crippen LogP contribution in [0.15, 0.2) is 42.5 Å². The van der Waals surface area contributed by atoms with Crippen LogP contribution in [0.1, 0.15) is 35.3 Å². The average molecular weight is 401 g/mol. The Balaban J connectivity index is 1.93. The molecule has 0 aliphatic rings. The fourth-order valence-corrected chi connectivity index (χ4v) is 2.59. The van der Waals surface area contributed by atoms with E-state index in [9.17, 15) is 9.59 Å². The Morgan fingerprint density at radius 2 is 1.76 bits per heavy atom. The molecule has 2 aromatic carbocycles. The Morgan fingerprint density at radius 1 is 1.03 bits per heavy atom. The van der Waals surface area contributed by atoms with Crippen LogP contribution in [0.5, 0.6) is 11.5 Å². The van der Waals surface area contributed by atoms with Crippen molar-refractivity contribution in [2.75, 3.05) is 20.8 Å². The predicted molar refractivity (Wildman–Crippen MR) is 108 cm³/mol. The van der Waals surface area contributed by atoms with Gasteiger partial charge in [0.25, 0.3) is 5.91 Å². The van der Waals surface area contributed by atoms with E-state index in [1.807, 2.05) is 31.2 Å². The van der Waals surface area contributed by atoms with Crippen molar-refractivity contribution in [2.24, 2.45) is 0 Å². The smallest absolute Gasteiger partial charge is 0.338 e. The lowest BCUT2D eigenvalue weighted by Gasteiger charge is -2.15.